The van der Waals surface area contributed by atoms with Gasteiger partial charge in [0.2, 0.25) is 0 Å². The number of pyridine rings is 1. The summed E-state index contributed by atoms with van der Waals surface area (Å²) in [5, 5.41) is 3.13. The van der Waals surface area contributed by atoms with Crippen LogP contribution in [0.5, 0.6) is 0 Å². The maximum atomic E-state index is 11.6. The Balaban J connectivity index is 1.85. The molecule has 0 aliphatic carbocycles. The lowest BCUT2D eigenvalue weighted by atomic mass is 10.3. The van der Waals surface area contributed by atoms with E-state index in [2.05, 4.69) is 15.2 Å². The molecule has 0 bridgehead atoms. The number of anilines is 1. The van der Waals surface area contributed by atoms with Crippen molar-refractivity contribution in [3.8, 4) is 0 Å². The Morgan fingerprint density at radius 1 is 1.37 bits per heavy atom. The van der Waals surface area contributed by atoms with Crippen molar-refractivity contribution >= 4 is 15.7 Å². The summed E-state index contributed by atoms with van der Waals surface area (Å²) >= 11 is 0. The number of rotatable bonds is 6. The Morgan fingerprint density at radius 3 is 2.79 bits per heavy atom. The molecule has 106 valence electrons. The largest absolute Gasteiger partial charge is 0.369 e. The third-order valence-corrected chi connectivity index (χ3v) is 4.44. The summed E-state index contributed by atoms with van der Waals surface area (Å²) in [6, 6.07) is 3.23. The van der Waals surface area contributed by atoms with E-state index in [0.29, 0.717) is 5.82 Å². The van der Waals surface area contributed by atoms with Crippen molar-refractivity contribution in [1.82, 2.24) is 9.88 Å². The third kappa shape index (κ3) is 4.18. The number of hydrogen-bond acceptors (Lipinski definition) is 5. The van der Waals surface area contributed by atoms with E-state index in [9.17, 15) is 8.42 Å². The Bertz CT molecular complexity index is 510. The summed E-state index contributed by atoms with van der Waals surface area (Å²) in [5.74, 6) is 0.464. The molecule has 2 heterocycles. The molecule has 1 N–H and O–H groups in total. The molecule has 6 heteroatoms. The summed E-state index contributed by atoms with van der Waals surface area (Å²) in [5.41, 5.74) is 0. The lowest BCUT2D eigenvalue weighted by Gasteiger charge is -2.15. The van der Waals surface area contributed by atoms with Gasteiger partial charge in [0, 0.05) is 19.0 Å². The van der Waals surface area contributed by atoms with Crippen LogP contribution in [0.2, 0.25) is 0 Å². The summed E-state index contributed by atoms with van der Waals surface area (Å²) in [6.07, 6.45) is 6.41. The van der Waals surface area contributed by atoms with E-state index in [1.807, 2.05) is 0 Å². The summed E-state index contributed by atoms with van der Waals surface area (Å²) < 4.78 is 23.2. The summed E-state index contributed by atoms with van der Waals surface area (Å²) in [6.45, 7) is 4.19. The molecule has 0 aromatic carbocycles. The van der Waals surface area contributed by atoms with E-state index in [-0.39, 0.29) is 4.90 Å². The minimum absolute atomic E-state index is 0.274. The molecule has 1 aromatic rings. The van der Waals surface area contributed by atoms with E-state index in [1.54, 1.807) is 18.3 Å². The van der Waals surface area contributed by atoms with Gasteiger partial charge in [-0.15, -0.1) is 0 Å². The summed E-state index contributed by atoms with van der Waals surface area (Å²) in [4.78, 5) is 6.83. The van der Waals surface area contributed by atoms with Gasteiger partial charge in [0.1, 0.15) is 10.7 Å². The maximum Gasteiger partial charge on any atom is 0.179 e. The molecule has 1 aliphatic rings. The standard InChI is InChI=1S/C13H21N3O2S/c1-19(17,18)12-6-4-7-14-13(12)15-8-5-11-16-9-2-3-10-16/h4,6-7H,2-3,5,8-11H2,1H3,(H,14,15). The average Bonchev–Trinajstić information content (AvgIpc) is 2.87. The van der Waals surface area contributed by atoms with Gasteiger partial charge < -0.3 is 10.2 Å². The average molecular weight is 283 g/mol. The first-order chi connectivity index (χ1) is 9.07. The highest BCUT2D eigenvalue weighted by atomic mass is 32.2. The highest BCUT2D eigenvalue weighted by Gasteiger charge is 2.14. The Morgan fingerprint density at radius 2 is 2.11 bits per heavy atom. The zero-order chi connectivity index (χ0) is 13.7. The number of aromatic nitrogens is 1. The van der Waals surface area contributed by atoms with Gasteiger partial charge in [-0.05, 0) is 51.0 Å². The fourth-order valence-corrected chi connectivity index (χ4v) is 3.14. The van der Waals surface area contributed by atoms with Crippen molar-refractivity contribution in [2.45, 2.75) is 24.2 Å². The number of hydrogen-bond donors (Lipinski definition) is 1. The monoisotopic (exact) mass is 283 g/mol. The molecule has 0 saturated carbocycles. The van der Waals surface area contributed by atoms with Crippen molar-refractivity contribution < 1.29 is 8.42 Å². The molecule has 1 saturated heterocycles. The zero-order valence-corrected chi connectivity index (χ0v) is 12.1. The van der Waals surface area contributed by atoms with Crippen LogP contribution in [0.25, 0.3) is 0 Å². The van der Waals surface area contributed by atoms with Crippen LogP contribution in [-0.2, 0) is 9.84 Å². The van der Waals surface area contributed by atoms with Crippen LogP contribution < -0.4 is 5.32 Å². The molecule has 1 aliphatic heterocycles. The lowest BCUT2D eigenvalue weighted by molar-refractivity contribution is 0.337. The second-order valence-electron chi connectivity index (χ2n) is 4.95. The normalized spacial score (nSPS) is 16.7. The smallest absolute Gasteiger partial charge is 0.179 e. The van der Waals surface area contributed by atoms with Crippen LogP contribution in [0.4, 0.5) is 5.82 Å². The van der Waals surface area contributed by atoms with Crippen molar-refractivity contribution in [1.29, 1.82) is 0 Å². The molecule has 1 fully saturated rings. The molecule has 1 aromatic heterocycles. The highest BCUT2D eigenvalue weighted by molar-refractivity contribution is 7.90. The molecule has 0 amide bonds. The number of likely N-dealkylation sites (tertiary alicyclic amines) is 1. The van der Waals surface area contributed by atoms with Gasteiger partial charge in [0.15, 0.2) is 9.84 Å². The minimum Gasteiger partial charge on any atom is -0.369 e. The van der Waals surface area contributed by atoms with Crippen LogP contribution >= 0.6 is 0 Å². The molecule has 5 nitrogen and oxygen atoms in total. The molecule has 0 radical (unpaired) electrons. The summed E-state index contributed by atoms with van der Waals surface area (Å²) in [7, 11) is -3.22. The van der Waals surface area contributed by atoms with E-state index in [0.717, 1.165) is 19.5 Å². The van der Waals surface area contributed by atoms with E-state index < -0.39 is 9.84 Å². The number of sulfone groups is 1. The van der Waals surface area contributed by atoms with Gasteiger partial charge in [0.05, 0.1) is 0 Å². The second kappa shape index (κ2) is 6.34. The topological polar surface area (TPSA) is 62.3 Å². The molecule has 0 spiro atoms. The third-order valence-electron chi connectivity index (χ3n) is 3.31. The maximum absolute atomic E-state index is 11.6. The van der Waals surface area contributed by atoms with Gasteiger partial charge in [-0.25, -0.2) is 13.4 Å². The predicted octanol–water partition coefficient (Wildman–Crippen LogP) is 1.38. The van der Waals surface area contributed by atoms with Crippen molar-refractivity contribution in [3.63, 3.8) is 0 Å². The van der Waals surface area contributed by atoms with E-state index in [1.165, 1.54) is 32.2 Å². The van der Waals surface area contributed by atoms with E-state index >= 15 is 0 Å². The second-order valence-corrected chi connectivity index (χ2v) is 6.94. The first-order valence-electron chi connectivity index (χ1n) is 6.69. The van der Waals surface area contributed by atoms with Crippen LogP contribution in [0.3, 0.4) is 0 Å². The van der Waals surface area contributed by atoms with Crippen molar-refractivity contribution in [3.05, 3.63) is 18.3 Å². The SMILES string of the molecule is CS(=O)(=O)c1cccnc1NCCCN1CCCC1. The van der Waals surface area contributed by atoms with Gasteiger partial charge in [-0.1, -0.05) is 0 Å². The van der Waals surface area contributed by atoms with Crippen LogP contribution in [0.1, 0.15) is 19.3 Å². The van der Waals surface area contributed by atoms with Crippen molar-refractivity contribution in [2.75, 3.05) is 37.8 Å². The highest BCUT2D eigenvalue weighted by Crippen LogP contribution is 2.17. The lowest BCUT2D eigenvalue weighted by Crippen LogP contribution is -2.22. The fourth-order valence-electron chi connectivity index (χ4n) is 2.34. The Kier molecular flexibility index (Phi) is 4.76. The molecule has 0 atom stereocenters. The Hall–Kier alpha value is -1.14. The van der Waals surface area contributed by atoms with Gasteiger partial charge in [-0.2, -0.15) is 0 Å². The van der Waals surface area contributed by atoms with Crippen molar-refractivity contribution in [2.24, 2.45) is 0 Å². The number of nitrogens with zero attached hydrogens (tertiary/aromatic N) is 2. The first-order valence-corrected chi connectivity index (χ1v) is 8.58. The number of nitrogens with one attached hydrogen (secondary N) is 1. The van der Waals surface area contributed by atoms with Gasteiger partial charge in [-0.3, -0.25) is 0 Å². The van der Waals surface area contributed by atoms with Gasteiger partial charge in [0.25, 0.3) is 0 Å². The van der Waals surface area contributed by atoms with E-state index in [4.69, 9.17) is 0 Å². The predicted molar refractivity (Wildman–Crippen MR) is 76.1 cm³/mol. The van der Waals surface area contributed by atoms with Crippen LogP contribution in [0, 0.1) is 0 Å². The quantitative estimate of drug-likeness (QED) is 0.799. The molecular weight excluding hydrogens is 262 g/mol. The molecule has 0 unspecified atom stereocenters. The zero-order valence-electron chi connectivity index (χ0n) is 11.3. The minimum atomic E-state index is -3.22. The molecule has 19 heavy (non-hydrogen) atoms. The van der Waals surface area contributed by atoms with Crippen LogP contribution in [0.15, 0.2) is 23.2 Å². The molecule has 2 rings (SSSR count). The van der Waals surface area contributed by atoms with Crippen LogP contribution in [-0.4, -0.2) is 50.7 Å². The Labute approximate surface area is 114 Å². The van der Waals surface area contributed by atoms with Gasteiger partial charge >= 0.3 is 0 Å². The first kappa shape index (κ1) is 14.3. The molecular formula is C13H21N3O2S. The fraction of sp³-hybridized carbons (Fsp3) is 0.615.